The molecule has 3 rings (SSSR count). The minimum Gasteiger partial charge on any atom is -0.468 e. The van der Waals surface area contributed by atoms with Crippen molar-refractivity contribution in [1.82, 2.24) is 8.61 Å². The van der Waals surface area contributed by atoms with Gasteiger partial charge in [-0.15, -0.1) is 0 Å². The zero-order valence-electron chi connectivity index (χ0n) is 12.6. The van der Waals surface area contributed by atoms with Crippen molar-refractivity contribution in [3.63, 3.8) is 0 Å². The van der Waals surface area contributed by atoms with E-state index in [1.54, 1.807) is 14.9 Å². The van der Waals surface area contributed by atoms with Gasteiger partial charge in [0.2, 0.25) is 0 Å². The third kappa shape index (κ3) is 3.03. The van der Waals surface area contributed by atoms with Gasteiger partial charge in [-0.2, -0.15) is 17.0 Å². The van der Waals surface area contributed by atoms with E-state index in [0.717, 1.165) is 37.9 Å². The number of hydrogen-bond acceptors (Lipinski definition) is 3. The number of hydrogen-bond donors (Lipinski definition) is 0. The highest BCUT2D eigenvalue weighted by Crippen LogP contribution is 2.35. The molecule has 0 bridgehead atoms. The molecule has 5 nitrogen and oxygen atoms in total. The molecule has 0 aromatic carbocycles. The first-order chi connectivity index (χ1) is 10.1. The molecule has 0 aliphatic carbocycles. The van der Waals surface area contributed by atoms with Crippen LogP contribution >= 0.6 is 0 Å². The SMILES string of the molecule is C[C@H]1CCCN(S(=O)(=O)N2CCCC[C@H]2c2ccco2)C1. The minimum absolute atomic E-state index is 0.143. The summed E-state index contributed by atoms with van der Waals surface area (Å²) in [5, 5.41) is 0. The Bertz CT molecular complexity index is 555. The molecule has 118 valence electrons. The third-order valence-electron chi connectivity index (χ3n) is 4.57. The van der Waals surface area contributed by atoms with E-state index in [9.17, 15) is 8.42 Å². The predicted octanol–water partition coefficient (Wildman–Crippen LogP) is 2.78. The van der Waals surface area contributed by atoms with Crippen molar-refractivity contribution in [2.45, 2.75) is 45.1 Å². The van der Waals surface area contributed by atoms with Crippen LogP contribution in [0.3, 0.4) is 0 Å². The highest BCUT2D eigenvalue weighted by atomic mass is 32.2. The molecule has 21 heavy (non-hydrogen) atoms. The van der Waals surface area contributed by atoms with Crippen LogP contribution in [0.25, 0.3) is 0 Å². The molecule has 2 aliphatic rings. The molecule has 2 atom stereocenters. The van der Waals surface area contributed by atoms with E-state index >= 15 is 0 Å². The summed E-state index contributed by atoms with van der Waals surface area (Å²) in [6, 6.07) is 3.57. The van der Waals surface area contributed by atoms with E-state index in [2.05, 4.69) is 6.92 Å². The zero-order valence-corrected chi connectivity index (χ0v) is 13.4. The van der Waals surface area contributed by atoms with Crippen LogP contribution < -0.4 is 0 Å². The lowest BCUT2D eigenvalue weighted by molar-refractivity contribution is 0.194. The summed E-state index contributed by atoms with van der Waals surface area (Å²) in [6.45, 7) is 4.01. The smallest absolute Gasteiger partial charge is 0.282 e. The Morgan fingerprint density at radius 3 is 2.76 bits per heavy atom. The summed E-state index contributed by atoms with van der Waals surface area (Å²) < 4.78 is 34.8. The first kappa shape index (κ1) is 15.1. The van der Waals surface area contributed by atoms with E-state index in [-0.39, 0.29) is 6.04 Å². The third-order valence-corrected chi connectivity index (χ3v) is 6.58. The van der Waals surface area contributed by atoms with Crippen LogP contribution in [-0.4, -0.2) is 36.7 Å². The minimum atomic E-state index is -3.39. The Labute approximate surface area is 127 Å². The molecular formula is C15H24N2O3S. The van der Waals surface area contributed by atoms with Crippen LogP contribution in [-0.2, 0) is 10.2 Å². The van der Waals surface area contributed by atoms with Gasteiger partial charge in [0.15, 0.2) is 0 Å². The predicted molar refractivity (Wildman–Crippen MR) is 80.9 cm³/mol. The normalized spacial score (nSPS) is 29.6. The monoisotopic (exact) mass is 312 g/mol. The maximum absolute atomic E-state index is 13.0. The highest BCUT2D eigenvalue weighted by Gasteiger charge is 2.39. The van der Waals surface area contributed by atoms with Crippen LogP contribution in [0.2, 0.25) is 0 Å². The molecule has 0 N–H and O–H groups in total. The van der Waals surface area contributed by atoms with E-state index < -0.39 is 10.2 Å². The van der Waals surface area contributed by atoms with Gasteiger partial charge >= 0.3 is 0 Å². The lowest BCUT2D eigenvalue weighted by Crippen LogP contribution is -2.50. The van der Waals surface area contributed by atoms with E-state index in [4.69, 9.17) is 4.42 Å². The fourth-order valence-electron chi connectivity index (χ4n) is 3.45. The molecule has 6 heteroatoms. The fraction of sp³-hybridized carbons (Fsp3) is 0.733. The lowest BCUT2D eigenvalue weighted by Gasteiger charge is -2.39. The van der Waals surface area contributed by atoms with Crippen molar-refractivity contribution in [2.24, 2.45) is 5.92 Å². The summed E-state index contributed by atoms with van der Waals surface area (Å²) >= 11 is 0. The molecule has 2 saturated heterocycles. The second-order valence-corrected chi connectivity index (χ2v) is 8.13. The number of rotatable bonds is 3. The summed E-state index contributed by atoms with van der Waals surface area (Å²) in [5.74, 6) is 1.21. The maximum Gasteiger partial charge on any atom is 0.282 e. The summed E-state index contributed by atoms with van der Waals surface area (Å²) in [4.78, 5) is 0. The van der Waals surface area contributed by atoms with Gasteiger partial charge in [0.25, 0.3) is 10.2 Å². The molecule has 1 aromatic rings. The molecule has 0 amide bonds. The van der Waals surface area contributed by atoms with E-state index in [1.165, 1.54) is 0 Å². The summed E-state index contributed by atoms with van der Waals surface area (Å²) in [5.41, 5.74) is 0. The Kier molecular flexibility index (Phi) is 4.38. The summed E-state index contributed by atoms with van der Waals surface area (Å²) in [7, 11) is -3.39. The van der Waals surface area contributed by atoms with Crippen molar-refractivity contribution in [3.8, 4) is 0 Å². The molecule has 0 radical (unpaired) electrons. The van der Waals surface area contributed by atoms with Crippen LogP contribution in [0.15, 0.2) is 22.8 Å². The van der Waals surface area contributed by atoms with Crippen LogP contribution in [0.4, 0.5) is 0 Å². The molecule has 2 fully saturated rings. The first-order valence-electron chi connectivity index (χ1n) is 7.89. The van der Waals surface area contributed by atoms with Crippen molar-refractivity contribution in [1.29, 1.82) is 0 Å². The molecule has 1 aromatic heterocycles. The molecular weight excluding hydrogens is 288 g/mol. The Balaban J connectivity index is 1.85. The Hall–Kier alpha value is -0.850. The maximum atomic E-state index is 13.0. The van der Waals surface area contributed by atoms with Crippen LogP contribution in [0, 0.1) is 5.92 Å². The van der Waals surface area contributed by atoms with Gasteiger partial charge in [0, 0.05) is 19.6 Å². The topological polar surface area (TPSA) is 53.8 Å². The second-order valence-electron chi connectivity index (χ2n) is 6.25. The molecule has 0 spiro atoms. The van der Waals surface area contributed by atoms with E-state index in [0.29, 0.717) is 25.6 Å². The van der Waals surface area contributed by atoms with Gasteiger partial charge in [-0.05, 0) is 43.7 Å². The second kappa shape index (κ2) is 6.10. The number of nitrogens with zero attached hydrogens (tertiary/aromatic N) is 2. The standard InChI is InChI=1S/C15H24N2O3S/c1-13-6-4-9-16(12-13)21(18,19)17-10-3-2-7-14(17)15-8-5-11-20-15/h5,8,11,13-14H,2-4,6-7,9-10,12H2,1H3/t13-,14-/m0/s1. The Morgan fingerprint density at radius 1 is 1.19 bits per heavy atom. The average Bonchev–Trinajstić information content (AvgIpc) is 3.01. The molecule has 3 heterocycles. The van der Waals surface area contributed by atoms with Gasteiger partial charge in [-0.25, -0.2) is 0 Å². The van der Waals surface area contributed by atoms with E-state index in [1.807, 2.05) is 12.1 Å². The first-order valence-corrected chi connectivity index (χ1v) is 9.29. The van der Waals surface area contributed by atoms with Crippen molar-refractivity contribution in [2.75, 3.05) is 19.6 Å². The van der Waals surface area contributed by atoms with Crippen LogP contribution in [0.5, 0.6) is 0 Å². The average molecular weight is 312 g/mol. The Morgan fingerprint density at radius 2 is 2.05 bits per heavy atom. The van der Waals surface area contributed by atoms with Crippen molar-refractivity contribution >= 4 is 10.2 Å². The number of furan rings is 1. The summed E-state index contributed by atoms with van der Waals surface area (Å²) in [6.07, 6.45) is 6.52. The van der Waals surface area contributed by atoms with Crippen LogP contribution in [0.1, 0.15) is 50.8 Å². The van der Waals surface area contributed by atoms with Gasteiger partial charge in [0.1, 0.15) is 5.76 Å². The van der Waals surface area contributed by atoms with Crippen molar-refractivity contribution < 1.29 is 12.8 Å². The van der Waals surface area contributed by atoms with Gasteiger partial charge in [0.05, 0.1) is 12.3 Å². The molecule has 0 saturated carbocycles. The molecule has 2 aliphatic heterocycles. The highest BCUT2D eigenvalue weighted by molar-refractivity contribution is 7.86. The van der Waals surface area contributed by atoms with Gasteiger partial charge < -0.3 is 4.42 Å². The largest absolute Gasteiger partial charge is 0.468 e. The van der Waals surface area contributed by atoms with Gasteiger partial charge in [-0.3, -0.25) is 0 Å². The van der Waals surface area contributed by atoms with Gasteiger partial charge in [-0.1, -0.05) is 13.3 Å². The number of piperidine rings is 2. The van der Waals surface area contributed by atoms with Crippen molar-refractivity contribution in [3.05, 3.63) is 24.2 Å². The quantitative estimate of drug-likeness (QED) is 0.862. The molecule has 0 unspecified atom stereocenters. The lowest BCUT2D eigenvalue weighted by atomic mass is 10.0. The zero-order chi connectivity index (χ0) is 14.9. The fourth-order valence-corrected chi connectivity index (χ4v) is 5.44.